The van der Waals surface area contributed by atoms with E-state index < -0.39 is 0 Å². The quantitative estimate of drug-likeness (QED) is 0.539. The maximum Gasteiger partial charge on any atom is 0.274 e. The van der Waals surface area contributed by atoms with Crippen LogP contribution >= 0.6 is 11.8 Å². The van der Waals surface area contributed by atoms with Crippen LogP contribution in [0.1, 0.15) is 16.2 Å². The van der Waals surface area contributed by atoms with Crippen LogP contribution in [0.5, 0.6) is 11.5 Å². The van der Waals surface area contributed by atoms with Crippen molar-refractivity contribution in [1.29, 1.82) is 0 Å². The number of nitrogens with one attached hydrogen (secondary N) is 1. The van der Waals surface area contributed by atoms with Crippen molar-refractivity contribution in [3.63, 3.8) is 0 Å². The summed E-state index contributed by atoms with van der Waals surface area (Å²) in [6, 6.07) is 18.4. The lowest BCUT2D eigenvalue weighted by Gasteiger charge is -2.08. The minimum atomic E-state index is -0.266. The largest absolute Gasteiger partial charge is 0.457 e. The molecule has 1 N–H and O–H groups in total. The lowest BCUT2D eigenvalue weighted by atomic mass is 10.2. The van der Waals surface area contributed by atoms with Crippen LogP contribution in [0.25, 0.3) is 0 Å². The Kier molecular flexibility index (Phi) is 5.30. The molecule has 3 rings (SSSR count). The average molecular weight is 351 g/mol. The third-order valence-corrected chi connectivity index (χ3v) is 3.89. The molecule has 0 aliphatic rings. The number of aromatic nitrogens is 2. The van der Waals surface area contributed by atoms with Crippen molar-refractivity contribution < 1.29 is 9.53 Å². The Labute approximate surface area is 150 Å². The van der Waals surface area contributed by atoms with Crippen molar-refractivity contribution in [1.82, 2.24) is 9.97 Å². The first kappa shape index (κ1) is 17.0. The predicted octanol–water partition coefficient (Wildman–Crippen LogP) is 4.55. The number of nitrogens with zero attached hydrogens (tertiary/aromatic N) is 2. The number of carbonyl (C=O) groups is 1. The van der Waals surface area contributed by atoms with Gasteiger partial charge in [0.15, 0.2) is 5.16 Å². The summed E-state index contributed by atoms with van der Waals surface area (Å²) in [5.74, 6) is 1.20. The minimum absolute atomic E-state index is 0.266. The van der Waals surface area contributed by atoms with Gasteiger partial charge in [0, 0.05) is 11.4 Å². The second-order valence-corrected chi connectivity index (χ2v) is 6.05. The van der Waals surface area contributed by atoms with Crippen LogP contribution in [0, 0.1) is 6.92 Å². The van der Waals surface area contributed by atoms with E-state index in [0.29, 0.717) is 22.3 Å². The van der Waals surface area contributed by atoms with Crippen molar-refractivity contribution in [3.05, 3.63) is 72.1 Å². The van der Waals surface area contributed by atoms with E-state index in [2.05, 4.69) is 15.3 Å². The van der Waals surface area contributed by atoms with Gasteiger partial charge in [-0.15, -0.1) is 0 Å². The van der Waals surface area contributed by atoms with Crippen molar-refractivity contribution in [2.45, 2.75) is 12.1 Å². The lowest BCUT2D eigenvalue weighted by molar-refractivity contribution is 0.102. The van der Waals surface area contributed by atoms with Gasteiger partial charge in [-0.1, -0.05) is 30.0 Å². The first-order valence-corrected chi connectivity index (χ1v) is 8.90. The highest BCUT2D eigenvalue weighted by atomic mass is 32.2. The van der Waals surface area contributed by atoms with Gasteiger partial charge >= 0.3 is 0 Å². The summed E-state index contributed by atoms with van der Waals surface area (Å²) in [6.45, 7) is 1.84. The first-order valence-electron chi connectivity index (χ1n) is 7.68. The van der Waals surface area contributed by atoms with Gasteiger partial charge < -0.3 is 10.1 Å². The number of aryl methyl sites for hydroxylation is 1. The molecule has 0 saturated heterocycles. The van der Waals surface area contributed by atoms with E-state index in [-0.39, 0.29) is 5.91 Å². The molecule has 0 unspecified atom stereocenters. The molecule has 0 radical (unpaired) electrons. The Morgan fingerprint density at radius 3 is 2.36 bits per heavy atom. The van der Waals surface area contributed by atoms with Crippen LogP contribution < -0.4 is 10.1 Å². The Balaban J connectivity index is 1.69. The standard InChI is InChI=1S/C19H17N3O2S/c1-13-12-17(22-19(20-13)25-2)18(23)21-14-8-10-16(11-9-14)24-15-6-4-3-5-7-15/h3-12H,1-2H3,(H,21,23). The van der Waals surface area contributed by atoms with Gasteiger partial charge in [-0.25, -0.2) is 9.97 Å². The molecule has 0 aliphatic carbocycles. The van der Waals surface area contributed by atoms with E-state index in [1.807, 2.05) is 43.5 Å². The van der Waals surface area contributed by atoms with E-state index in [4.69, 9.17) is 4.74 Å². The van der Waals surface area contributed by atoms with Gasteiger partial charge in [-0.05, 0) is 55.6 Å². The molecule has 0 saturated carbocycles. The summed E-state index contributed by atoms with van der Waals surface area (Å²) in [4.78, 5) is 20.9. The Morgan fingerprint density at radius 1 is 1.00 bits per heavy atom. The molecule has 0 fully saturated rings. The van der Waals surface area contributed by atoms with E-state index >= 15 is 0 Å². The number of ether oxygens (including phenoxy) is 1. The molecule has 1 heterocycles. The van der Waals surface area contributed by atoms with Crippen molar-refractivity contribution in [3.8, 4) is 11.5 Å². The smallest absolute Gasteiger partial charge is 0.274 e. The number of thioether (sulfide) groups is 1. The maximum atomic E-state index is 12.4. The number of benzene rings is 2. The Bertz CT molecular complexity index is 868. The predicted molar refractivity (Wildman–Crippen MR) is 99.5 cm³/mol. The van der Waals surface area contributed by atoms with Crippen molar-refractivity contribution >= 4 is 23.4 Å². The molecular formula is C19H17N3O2S. The second-order valence-electron chi connectivity index (χ2n) is 5.27. The highest BCUT2D eigenvalue weighted by Crippen LogP contribution is 2.23. The maximum absolute atomic E-state index is 12.4. The zero-order valence-corrected chi connectivity index (χ0v) is 14.7. The van der Waals surface area contributed by atoms with E-state index in [1.54, 1.807) is 30.3 Å². The van der Waals surface area contributed by atoms with E-state index in [1.165, 1.54) is 11.8 Å². The number of hydrogen-bond acceptors (Lipinski definition) is 5. The molecule has 1 amide bonds. The number of hydrogen-bond donors (Lipinski definition) is 1. The lowest BCUT2D eigenvalue weighted by Crippen LogP contribution is -2.14. The molecule has 5 nitrogen and oxygen atoms in total. The molecule has 25 heavy (non-hydrogen) atoms. The van der Waals surface area contributed by atoms with E-state index in [9.17, 15) is 4.79 Å². The highest BCUT2D eigenvalue weighted by Gasteiger charge is 2.11. The fraction of sp³-hybridized carbons (Fsp3) is 0.105. The Morgan fingerprint density at radius 2 is 1.68 bits per heavy atom. The number of carbonyl (C=O) groups excluding carboxylic acids is 1. The van der Waals surface area contributed by atoms with Gasteiger partial charge in [0.1, 0.15) is 17.2 Å². The van der Waals surface area contributed by atoms with Gasteiger partial charge in [0.05, 0.1) is 0 Å². The molecule has 0 bridgehead atoms. The normalized spacial score (nSPS) is 10.3. The number of para-hydroxylation sites is 1. The fourth-order valence-corrected chi connectivity index (χ4v) is 2.60. The van der Waals surface area contributed by atoms with Crippen LogP contribution in [0.4, 0.5) is 5.69 Å². The van der Waals surface area contributed by atoms with Crippen LogP contribution in [-0.4, -0.2) is 22.1 Å². The number of anilines is 1. The molecule has 0 spiro atoms. The summed E-state index contributed by atoms with van der Waals surface area (Å²) in [5.41, 5.74) is 1.78. The third kappa shape index (κ3) is 4.58. The molecule has 0 aliphatic heterocycles. The fourth-order valence-electron chi connectivity index (χ4n) is 2.17. The molecule has 0 atom stereocenters. The summed E-state index contributed by atoms with van der Waals surface area (Å²) in [6.07, 6.45) is 1.88. The molecule has 2 aromatic carbocycles. The monoisotopic (exact) mass is 351 g/mol. The van der Waals surface area contributed by atoms with Gasteiger partial charge in [-0.2, -0.15) is 0 Å². The molecule has 3 aromatic rings. The summed E-state index contributed by atoms with van der Waals surface area (Å²) in [7, 11) is 0. The van der Waals surface area contributed by atoms with Crippen LogP contribution in [0.15, 0.2) is 65.8 Å². The molecule has 6 heteroatoms. The summed E-state index contributed by atoms with van der Waals surface area (Å²) < 4.78 is 5.73. The minimum Gasteiger partial charge on any atom is -0.457 e. The van der Waals surface area contributed by atoms with Gasteiger partial charge in [-0.3, -0.25) is 4.79 Å². The van der Waals surface area contributed by atoms with Crippen molar-refractivity contribution in [2.24, 2.45) is 0 Å². The topological polar surface area (TPSA) is 64.1 Å². The van der Waals surface area contributed by atoms with Gasteiger partial charge in [0.25, 0.3) is 5.91 Å². The summed E-state index contributed by atoms with van der Waals surface area (Å²) in [5, 5.41) is 3.41. The average Bonchev–Trinajstić information content (AvgIpc) is 2.63. The SMILES string of the molecule is CSc1nc(C)cc(C(=O)Nc2ccc(Oc3ccccc3)cc2)n1. The van der Waals surface area contributed by atoms with Gasteiger partial charge in [0.2, 0.25) is 0 Å². The van der Waals surface area contributed by atoms with Crippen LogP contribution in [0.2, 0.25) is 0 Å². The van der Waals surface area contributed by atoms with Crippen molar-refractivity contribution in [2.75, 3.05) is 11.6 Å². The zero-order valence-electron chi connectivity index (χ0n) is 13.9. The zero-order chi connectivity index (χ0) is 17.6. The molecular weight excluding hydrogens is 334 g/mol. The van der Waals surface area contributed by atoms with Crippen LogP contribution in [-0.2, 0) is 0 Å². The summed E-state index contributed by atoms with van der Waals surface area (Å²) >= 11 is 1.40. The number of rotatable bonds is 5. The second kappa shape index (κ2) is 7.81. The third-order valence-electron chi connectivity index (χ3n) is 3.34. The van der Waals surface area contributed by atoms with Crippen LogP contribution in [0.3, 0.4) is 0 Å². The molecule has 126 valence electrons. The Hall–Kier alpha value is -2.86. The number of amides is 1. The molecule has 1 aromatic heterocycles. The van der Waals surface area contributed by atoms with E-state index in [0.717, 1.165) is 11.4 Å². The first-order chi connectivity index (χ1) is 12.1. The highest BCUT2D eigenvalue weighted by molar-refractivity contribution is 7.98.